The van der Waals surface area contributed by atoms with Gasteiger partial charge in [-0.1, -0.05) is 36.4 Å². The largest absolute Gasteiger partial charge is 0.497 e. The summed E-state index contributed by atoms with van der Waals surface area (Å²) in [6.07, 6.45) is 1.48. The zero-order chi connectivity index (χ0) is 17.6. The van der Waals surface area contributed by atoms with Gasteiger partial charge in [-0.05, 0) is 42.2 Å². The van der Waals surface area contributed by atoms with Crippen LogP contribution in [0.25, 0.3) is 0 Å². The molecule has 1 aliphatic rings. The molecule has 1 unspecified atom stereocenters. The summed E-state index contributed by atoms with van der Waals surface area (Å²) in [4.78, 5) is 14.7. The Morgan fingerprint density at radius 2 is 1.92 bits per heavy atom. The van der Waals surface area contributed by atoms with Gasteiger partial charge in [0.25, 0.3) is 0 Å². The summed E-state index contributed by atoms with van der Waals surface area (Å²) in [6, 6.07) is 16.4. The van der Waals surface area contributed by atoms with Crippen LogP contribution in [-0.2, 0) is 11.2 Å². The number of nitrogens with zero attached hydrogens (tertiary/aromatic N) is 1. The van der Waals surface area contributed by atoms with Gasteiger partial charge in [0.1, 0.15) is 5.75 Å². The second kappa shape index (κ2) is 8.43. The predicted octanol–water partition coefficient (Wildman–Crippen LogP) is 4.25. The van der Waals surface area contributed by atoms with Crippen molar-refractivity contribution in [2.24, 2.45) is 0 Å². The van der Waals surface area contributed by atoms with Gasteiger partial charge in [0.05, 0.1) is 13.5 Å². The van der Waals surface area contributed by atoms with Crippen LogP contribution in [0.1, 0.15) is 28.4 Å². The summed E-state index contributed by atoms with van der Waals surface area (Å²) in [7, 11) is 1.65. The molecule has 2 aromatic carbocycles. The van der Waals surface area contributed by atoms with Crippen LogP contribution in [0.2, 0.25) is 0 Å². The van der Waals surface area contributed by atoms with Gasteiger partial charge in [-0.15, -0.1) is 0 Å². The van der Waals surface area contributed by atoms with E-state index in [1.165, 1.54) is 11.1 Å². The molecule has 25 heavy (non-hydrogen) atoms. The van der Waals surface area contributed by atoms with Gasteiger partial charge in [0, 0.05) is 24.1 Å². The van der Waals surface area contributed by atoms with Gasteiger partial charge in [0.2, 0.25) is 5.91 Å². The van der Waals surface area contributed by atoms with Gasteiger partial charge < -0.3 is 9.64 Å². The molecule has 0 saturated carbocycles. The summed E-state index contributed by atoms with van der Waals surface area (Å²) in [5.41, 5.74) is 3.80. The van der Waals surface area contributed by atoms with Crippen LogP contribution in [0, 0.1) is 6.92 Å². The van der Waals surface area contributed by atoms with Crippen LogP contribution in [0.15, 0.2) is 48.5 Å². The maximum absolute atomic E-state index is 12.7. The highest BCUT2D eigenvalue weighted by molar-refractivity contribution is 7.99. The lowest BCUT2D eigenvalue weighted by Gasteiger charge is -2.21. The minimum Gasteiger partial charge on any atom is -0.497 e. The Kier molecular flexibility index (Phi) is 6.03. The van der Waals surface area contributed by atoms with Gasteiger partial charge in [-0.3, -0.25) is 4.79 Å². The highest BCUT2D eigenvalue weighted by Crippen LogP contribution is 2.36. The fourth-order valence-corrected chi connectivity index (χ4v) is 4.57. The molecule has 0 spiro atoms. The zero-order valence-electron chi connectivity index (χ0n) is 14.9. The number of thioether (sulfide) groups is 1. The SMILES string of the molecule is COc1ccc(CC(=O)N2CCSC(c3ccccc3C)CC2)cc1. The van der Waals surface area contributed by atoms with Gasteiger partial charge >= 0.3 is 0 Å². The molecule has 4 heteroatoms. The van der Waals surface area contributed by atoms with Crippen molar-refractivity contribution in [2.45, 2.75) is 25.0 Å². The molecule has 0 radical (unpaired) electrons. The quantitative estimate of drug-likeness (QED) is 0.821. The van der Waals surface area contributed by atoms with Crippen LogP contribution in [0.5, 0.6) is 5.75 Å². The summed E-state index contributed by atoms with van der Waals surface area (Å²) >= 11 is 1.97. The van der Waals surface area contributed by atoms with Crippen molar-refractivity contribution in [3.63, 3.8) is 0 Å². The molecule has 0 aromatic heterocycles. The Morgan fingerprint density at radius 3 is 2.64 bits per heavy atom. The Morgan fingerprint density at radius 1 is 1.16 bits per heavy atom. The van der Waals surface area contributed by atoms with E-state index in [0.29, 0.717) is 11.7 Å². The van der Waals surface area contributed by atoms with Crippen LogP contribution in [-0.4, -0.2) is 36.8 Å². The Hall–Kier alpha value is -1.94. The summed E-state index contributed by atoms with van der Waals surface area (Å²) < 4.78 is 5.17. The van der Waals surface area contributed by atoms with E-state index in [1.54, 1.807) is 7.11 Å². The van der Waals surface area contributed by atoms with Crippen molar-refractivity contribution < 1.29 is 9.53 Å². The maximum atomic E-state index is 12.7. The lowest BCUT2D eigenvalue weighted by molar-refractivity contribution is -0.130. The van der Waals surface area contributed by atoms with Crippen LogP contribution in [0.4, 0.5) is 0 Å². The Bertz CT molecular complexity index is 714. The molecular weight excluding hydrogens is 330 g/mol. The third-order valence-electron chi connectivity index (χ3n) is 4.74. The minimum absolute atomic E-state index is 0.219. The summed E-state index contributed by atoms with van der Waals surface area (Å²) in [5, 5.41) is 0.486. The molecule has 1 atom stereocenters. The van der Waals surface area contributed by atoms with Crippen molar-refractivity contribution >= 4 is 17.7 Å². The molecule has 2 aromatic rings. The molecule has 1 fully saturated rings. The third kappa shape index (κ3) is 4.57. The van der Waals surface area contributed by atoms with Crippen LogP contribution >= 0.6 is 11.8 Å². The van der Waals surface area contributed by atoms with Crippen LogP contribution < -0.4 is 4.74 Å². The number of benzene rings is 2. The first kappa shape index (κ1) is 17.9. The minimum atomic E-state index is 0.219. The second-order valence-corrected chi connectivity index (χ2v) is 7.72. The number of carbonyl (C=O) groups excluding carboxylic acids is 1. The first-order valence-electron chi connectivity index (χ1n) is 8.75. The molecule has 3 rings (SSSR count). The molecule has 1 amide bonds. The number of carbonyl (C=O) groups is 1. The van der Waals surface area contributed by atoms with Crippen molar-refractivity contribution in [1.82, 2.24) is 4.90 Å². The molecule has 1 heterocycles. The highest BCUT2D eigenvalue weighted by atomic mass is 32.2. The highest BCUT2D eigenvalue weighted by Gasteiger charge is 2.22. The average Bonchev–Trinajstić information content (AvgIpc) is 2.89. The number of ether oxygens (including phenoxy) is 1. The van der Waals surface area contributed by atoms with Gasteiger partial charge in [-0.2, -0.15) is 11.8 Å². The molecule has 1 aliphatic heterocycles. The molecule has 0 aliphatic carbocycles. The van der Waals surface area contributed by atoms with Gasteiger partial charge in [0.15, 0.2) is 0 Å². The molecule has 0 bridgehead atoms. The molecule has 3 nitrogen and oxygen atoms in total. The number of methoxy groups -OCH3 is 1. The van der Waals surface area contributed by atoms with E-state index in [-0.39, 0.29) is 5.91 Å². The number of hydrogen-bond acceptors (Lipinski definition) is 3. The molecular formula is C21H25NO2S. The normalized spacial score (nSPS) is 17.8. The summed E-state index contributed by atoms with van der Waals surface area (Å²) in [6.45, 7) is 3.84. The number of hydrogen-bond donors (Lipinski definition) is 0. The average molecular weight is 356 g/mol. The maximum Gasteiger partial charge on any atom is 0.227 e. The van der Waals surface area contributed by atoms with Crippen molar-refractivity contribution in [2.75, 3.05) is 26.0 Å². The fourth-order valence-electron chi connectivity index (χ4n) is 3.25. The Balaban J connectivity index is 1.60. The lowest BCUT2D eigenvalue weighted by Crippen LogP contribution is -2.34. The van der Waals surface area contributed by atoms with Crippen molar-refractivity contribution in [3.8, 4) is 5.75 Å². The van der Waals surface area contributed by atoms with Crippen LogP contribution in [0.3, 0.4) is 0 Å². The van der Waals surface area contributed by atoms with Crippen molar-refractivity contribution in [3.05, 3.63) is 65.2 Å². The Labute approximate surface area is 154 Å². The van der Waals surface area contributed by atoms with E-state index >= 15 is 0 Å². The lowest BCUT2D eigenvalue weighted by atomic mass is 10.0. The van der Waals surface area contributed by atoms with E-state index in [4.69, 9.17) is 4.74 Å². The number of amides is 1. The third-order valence-corrected chi connectivity index (χ3v) is 6.05. The van der Waals surface area contributed by atoms with Gasteiger partial charge in [-0.25, -0.2) is 0 Å². The number of aryl methyl sites for hydroxylation is 1. The molecule has 0 N–H and O–H groups in total. The summed E-state index contributed by atoms with van der Waals surface area (Å²) in [5.74, 6) is 2.03. The first-order chi connectivity index (χ1) is 12.2. The predicted molar refractivity (Wildman–Crippen MR) is 104 cm³/mol. The fraction of sp³-hybridized carbons (Fsp3) is 0.381. The number of rotatable bonds is 4. The smallest absolute Gasteiger partial charge is 0.227 e. The van der Waals surface area contributed by atoms with Crippen molar-refractivity contribution in [1.29, 1.82) is 0 Å². The van der Waals surface area contributed by atoms with E-state index in [1.807, 2.05) is 40.9 Å². The zero-order valence-corrected chi connectivity index (χ0v) is 15.7. The van der Waals surface area contributed by atoms with E-state index < -0.39 is 0 Å². The second-order valence-electron chi connectivity index (χ2n) is 6.41. The standard InChI is InChI=1S/C21H25NO2S/c1-16-5-3-4-6-19(16)20-11-12-22(13-14-25-20)21(23)15-17-7-9-18(24-2)10-8-17/h3-10,20H,11-15H2,1-2H3. The molecule has 1 saturated heterocycles. The van der Waals surface area contributed by atoms with E-state index in [9.17, 15) is 4.79 Å². The first-order valence-corrected chi connectivity index (χ1v) is 9.80. The topological polar surface area (TPSA) is 29.5 Å². The van der Waals surface area contributed by atoms with E-state index in [0.717, 1.165) is 36.6 Å². The van der Waals surface area contributed by atoms with E-state index in [2.05, 4.69) is 31.2 Å². The monoisotopic (exact) mass is 355 g/mol. The molecule has 132 valence electrons.